The van der Waals surface area contributed by atoms with Crippen molar-refractivity contribution in [3.63, 3.8) is 0 Å². The van der Waals surface area contributed by atoms with Gasteiger partial charge < -0.3 is 0 Å². The highest BCUT2D eigenvalue weighted by molar-refractivity contribution is 6.23. The maximum absolute atomic E-state index is 13.9. The van der Waals surface area contributed by atoms with Crippen molar-refractivity contribution in [1.82, 2.24) is 14.5 Å². The Morgan fingerprint density at radius 2 is 1.64 bits per heavy atom. The molecule has 0 bridgehead atoms. The summed E-state index contributed by atoms with van der Waals surface area (Å²) < 4.78 is 1.84. The van der Waals surface area contributed by atoms with Crippen LogP contribution in [0.1, 0.15) is 23.0 Å². The van der Waals surface area contributed by atoms with E-state index in [1.54, 1.807) is 18.6 Å². The van der Waals surface area contributed by atoms with Crippen LogP contribution in [0.5, 0.6) is 0 Å². The lowest BCUT2D eigenvalue weighted by Crippen LogP contribution is -2.21. The first-order chi connectivity index (χ1) is 16.2. The molecule has 6 rings (SSSR count). The second-order valence-corrected chi connectivity index (χ2v) is 8.38. The molecule has 0 spiro atoms. The number of nitrogens with zero attached hydrogens (tertiary/aromatic N) is 3. The van der Waals surface area contributed by atoms with Gasteiger partial charge in [-0.1, -0.05) is 48.0 Å². The van der Waals surface area contributed by atoms with E-state index in [4.69, 9.17) is 0 Å². The first-order valence-corrected chi connectivity index (χ1v) is 11.0. The van der Waals surface area contributed by atoms with E-state index >= 15 is 0 Å². The van der Waals surface area contributed by atoms with Crippen molar-refractivity contribution in [2.45, 2.75) is 13.3 Å². The summed E-state index contributed by atoms with van der Waals surface area (Å²) in [6, 6.07) is 24.3. The van der Waals surface area contributed by atoms with Crippen LogP contribution in [0.4, 0.5) is 0 Å². The molecular weight excluding hydrogens is 406 g/mol. The van der Waals surface area contributed by atoms with Gasteiger partial charge in [0.2, 0.25) is 0 Å². The minimum absolute atomic E-state index is 0.00878. The van der Waals surface area contributed by atoms with Gasteiger partial charge in [0.15, 0.2) is 0 Å². The monoisotopic (exact) mass is 427 g/mol. The fourth-order valence-corrected chi connectivity index (χ4v) is 4.82. The molecule has 0 N–H and O–H groups in total. The van der Waals surface area contributed by atoms with Gasteiger partial charge in [0, 0.05) is 59.0 Å². The summed E-state index contributed by atoms with van der Waals surface area (Å²) in [5, 5.41) is 1.03. The lowest BCUT2D eigenvalue weighted by Gasteiger charge is -2.21. The van der Waals surface area contributed by atoms with E-state index in [1.807, 2.05) is 65.4 Å². The van der Waals surface area contributed by atoms with Crippen LogP contribution in [0.15, 0.2) is 103 Å². The Morgan fingerprint density at radius 1 is 0.818 bits per heavy atom. The fourth-order valence-electron chi connectivity index (χ4n) is 4.82. The molecule has 158 valence electrons. The van der Waals surface area contributed by atoms with Crippen molar-refractivity contribution in [1.29, 1.82) is 0 Å². The average Bonchev–Trinajstić information content (AvgIpc) is 3.24. The second kappa shape index (κ2) is 7.68. The van der Waals surface area contributed by atoms with Gasteiger partial charge in [-0.15, -0.1) is 0 Å². The van der Waals surface area contributed by atoms with E-state index in [1.165, 1.54) is 0 Å². The number of hydrogen-bond donors (Lipinski definition) is 0. The molecule has 0 fully saturated rings. The molecule has 0 saturated carbocycles. The fraction of sp³-hybridized carbons (Fsp3) is 0.0690. The third-order valence-electron chi connectivity index (χ3n) is 6.34. The lowest BCUT2D eigenvalue weighted by atomic mass is 9.90. The zero-order valence-corrected chi connectivity index (χ0v) is 18.2. The molecule has 4 nitrogen and oxygen atoms in total. The number of benzene rings is 2. The third-order valence-corrected chi connectivity index (χ3v) is 6.34. The maximum atomic E-state index is 13.9. The van der Waals surface area contributed by atoms with Crippen molar-refractivity contribution in [2.75, 3.05) is 0 Å². The molecule has 1 aliphatic heterocycles. The molecule has 0 atom stereocenters. The summed E-state index contributed by atoms with van der Waals surface area (Å²) in [6.07, 6.45) is 8.07. The zero-order chi connectivity index (χ0) is 22.4. The number of rotatable bonds is 3. The minimum Gasteiger partial charge on any atom is -0.286 e. The van der Waals surface area contributed by atoms with Gasteiger partial charge in [-0.25, -0.2) is 0 Å². The number of carbonyl (C=O) groups excluding carboxylic acids is 1. The number of hydrogen-bond acceptors (Lipinski definition) is 3. The molecule has 3 aromatic heterocycles. The molecule has 2 aromatic carbocycles. The van der Waals surface area contributed by atoms with Crippen LogP contribution in [0, 0.1) is 0 Å². The van der Waals surface area contributed by atoms with Crippen molar-refractivity contribution in [3.8, 4) is 22.3 Å². The Bertz CT molecular complexity index is 1550. The van der Waals surface area contributed by atoms with Crippen LogP contribution < -0.4 is 0 Å². The zero-order valence-electron chi connectivity index (χ0n) is 18.2. The van der Waals surface area contributed by atoms with Crippen LogP contribution in [0.2, 0.25) is 0 Å². The standard InChI is InChI=1S/C29H21N3O/c1-19-16-26-28(21-6-3-2-4-7-21)24(20-11-14-30-15-12-20)18-32(26)29(33)27(19)23-9-10-25-22(17-23)8-5-13-31-25/h2-15,17-18H,16H2,1H3. The Kier molecular flexibility index (Phi) is 4.51. The normalized spacial score (nSPS) is 13.4. The molecule has 4 heterocycles. The van der Waals surface area contributed by atoms with E-state index in [0.29, 0.717) is 6.42 Å². The van der Waals surface area contributed by atoms with Gasteiger partial charge in [0.1, 0.15) is 0 Å². The highest BCUT2D eigenvalue weighted by Gasteiger charge is 2.29. The van der Waals surface area contributed by atoms with Crippen molar-refractivity contribution in [2.24, 2.45) is 0 Å². The highest BCUT2D eigenvalue weighted by Crippen LogP contribution is 2.41. The molecular formula is C29H21N3O. The quantitative estimate of drug-likeness (QED) is 0.333. The number of fused-ring (bicyclic) bond motifs is 2. The highest BCUT2D eigenvalue weighted by atomic mass is 16.2. The largest absolute Gasteiger partial charge is 0.286 e. The SMILES string of the molecule is CC1=C(c2ccc3ncccc3c2)C(=O)n2cc(-c3ccncc3)c(-c3ccccc3)c2C1. The molecule has 0 amide bonds. The van der Waals surface area contributed by atoms with Crippen molar-refractivity contribution >= 4 is 22.4 Å². The Balaban J connectivity index is 1.54. The van der Waals surface area contributed by atoms with Crippen LogP contribution >= 0.6 is 0 Å². The number of pyridine rings is 2. The van der Waals surface area contributed by atoms with E-state index in [2.05, 4.69) is 35.1 Å². The summed E-state index contributed by atoms with van der Waals surface area (Å²) in [6.45, 7) is 2.07. The second-order valence-electron chi connectivity index (χ2n) is 8.38. The van der Waals surface area contributed by atoms with Crippen LogP contribution in [-0.4, -0.2) is 20.4 Å². The van der Waals surface area contributed by atoms with Gasteiger partial charge in [-0.2, -0.15) is 0 Å². The lowest BCUT2D eigenvalue weighted by molar-refractivity contribution is 0.0973. The Hall–Kier alpha value is -4.31. The molecule has 1 aliphatic rings. The third kappa shape index (κ3) is 3.19. The van der Waals surface area contributed by atoms with E-state index in [9.17, 15) is 4.79 Å². The van der Waals surface area contributed by atoms with Gasteiger partial charge in [-0.3, -0.25) is 19.3 Å². The van der Waals surface area contributed by atoms with E-state index < -0.39 is 0 Å². The number of carbonyl (C=O) groups is 1. The molecule has 0 saturated heterocycles. The van der Waals surface area contributed by atoms with Crippen molar-refractivity contribution < 1.29 is 4.79 Å². The summed E-state index contributed by atoms with van der Waals surface area (Å²) >= 11 is 0. The molecule has 0 unspecified atom stereocenters. The average molecular weight is 428 g/mol. The van der Waals surface area contributed by atoms with Gasteiger partial charge in [0.05, 0.1) is 5.52 Å². The number of allylic oxidation sites excluding steroid dienone is 2. The molecule has 33 heavy (non-hydrogen) atoms. The van der Waals surface area contributed by atoms with E-state index in [-0.39, 0.29) is 5.91 Å². The first kappa shape index (κ1) is 19.4. The summed E-state index contributed by atoms with van der Waals surface area (Å²) in [5.74, 6) is 0.00878. The van der Waals surface area contributed by atoms with Gasteiger partial charge in [0.25, 0.3) is 5.91 Å². The Morgan fingerprint density at radius 3 is 2.45 bits per heavy atom. The summed E-state index contributed by atoms with van der Waals surface area (Å²) in [5.41, 5.74) is 9.05. The number of aromatic nitrogens is 3. The van der Waals surface area contributed by atoms with Gasteiger partial charge >= 0.3 is 0 Å². The van der Waals surface area contributed by atoms with E-state index in [0.717, 1.165) is 55.6 Å². The van der Waals surface area contributed by atoms with Crippen LogP contribution in [0.25, 0.3) is 38.7 Å². The first-order valence-electron chi connectivity index (χ1n) is 11.0. The molecule has 5 aromatic rings. The summed E-state index contributed by atoms with van der Waals surface area (Å²) in [4.78, 5) is 22.5. The van der Waals surface area contributed by atoms with Crippen LogP contribution in [0.3, 0.4) is 0 Å². The maximum Gasteiger partial charge on any atom is 0.262 e. The Labute approximate surface area is 191 Å². The summed E-state index contributed by atoms with van der Waals surface area (Å²) in [7, 11) is 0. The topological polar surface area (TPSA) is 47.8 Å². The van der Waals surface area contributed by atoms with Gasteiger partial charge in [-0.05, 0) is 53.9 Å². The predicted molar refractivity (Wildman–Crippen MR) is 132 cm³/mol. The molecule has 0 radical (unpaired) electrons. The van der Waals surface area contributed by atoms with Crippen molar-refractivity contribution in [3.05, 3.63) is 114 Å². The molecule has 0 aliphatic carbocycles. The predicted octanol–water partition coefficient (Wildman–Crippen LogP) is 6.44. The van der Waals surface area contributed by atoms with Crippen LogP contribution in [-0.2, 0) is 6.42 Å². The minimum atomic E-state index is 0.00878. The smallest absolute Gasteiger partial charge is 0.262 e. The molecule has 4 heteroatoms.